The summed E-state index contributed by atoms with van der Waals surface area (Å²) < 4.78 is 2.00. The highest BCUT2D eigenvalue weighted by Gasteiger charge is 2.19. The van der Waals surface area contributed by atoms with Crippen LogP contribution in [0.4, 0.5) is 0 Å². The van der Waals surface area contributed by atoms with Crippen molar-refractivity contribution in [2.75, 3.05) is 13.6 Å². The SMILES string of the molecule is Cc1cc(C(=O)N(C)CC#N)c(C)n1-c1ccc(Cl)cc1. The molecule has 4 nitrogen and oxygen atoms in total. The molecule has 1 amide bonds. The van der Waals surface area contributed by atoms with Gasteiger partial charge in [-0.3, -0.25) is 4.79 Å². The Morgan fingerprint density at radius 2 is 1.95 bits per heavy atom. The van der Waals surface area contributed by atoms with Gasteiger partial charge < -0.3 is 9.47 Å². The zero-order chi connectivity index (χ0) is 15.6. The highest BCUT2D eigenvalue weighted by Crippen LogP contribution is 2.23. The number of halogens is 1. The van der Waals surface area contributed by atoms with E-state index in [-0.39, 0.29) is 12.5 Å². The Morgan fingerprint density at radius 1 is 1.33 bits per heavy atom. The maximum Gasteiger partial charge on any atom is 0.256 e. The fraction of sp³-hybridized carbons (Fsp3) is 0.250. The lowest BCUT2D eigenvalue weighted by atomic mass is 10.2. The zero-order valence-corrected chi connectivity index (χ0v) is 13.0. The monoisotopic (exact) mass is 301 g/mol. The molecule has 0 aliphatic heterocycles. The van der Waals surface area contributed by atoms with Crippen molar-refractivity contribution in [2.24, 2.45) is 0 Å². The van der Waals surface area contributed by atoms with Gasteiger partial charge in [-0.2, -0.15) is 5.26 Å². The number of aromatic nitrogens is 1. The van der Waals surface area contributed by atoms with Gasteiger partial charge in [0.05, 0.1) is 11.6 Å². The molecule has 108 valence electrons. The third kappa shape index (κ3) is 2.93. The lowest BCUT2D eigenvalue weighted by Crippen LogP contribution is -2.27. The second kappa shape index (κ2) is 6.02. The quantitative estimate of drug-likeness (QED) is 0.816. The van der Waals surface area contributed by atoms with Crippen molar-refractivity contribution in [3.05, 3.63) is 52.3 Å². The molecule has 0 radical (unpaired) electrons. The topological polar surface area (TPSA) is 49.0 Å². The lowest BCUT2D eigenvalue weighted by molar-refractivity contribution is 0.0811. The van der Waals surface area contributed by atoms with Crippen LogP contribution < -0.4 is 0 Å². The van der Waals surface area contributed by atoms with E-state index in [1.807, 2.05) is 54.8 Å². The standard InChI is InChI=1S/C16H16ClN3O/c1-11-10-15(16(21)19(3)9-8-18)12(2)20(11)14-6-4-13(17)5-7-14/h4-7,10H,9H2,1-3H3. The number of nitrogens with zero attached hydrogens (tertiary/aromatic N) is 3. The molecule has 0 fully saturated rings. The van der Waals surface area contributed by atoms with Gasteiger partial charge in [0.2, 0.25) is 0 Å². The smallest absolute Gasteiger partial charge is 0.256 e. The van der Waals surface area contributed by atoms with Gasteiger partial charge in [0.1, 0.15) is 6.54 Å². The molecule has 2 rings (SSSR count). The summed E-state index contributed by atoms with van der Waals surface area (Å²) in [6.07, 6.45) is 0. The number of carbonyl (C=O) groups is 1. The summed E-state index contributed by atoms with van der Waals surface area (Å²) in [7, 11) is 1.62. The number of benzene rings is 1. The highest BCUT2D eigenvalue weighted by atomic mass is 35.5. The molecule has 0 atom stereocenters. The number of carbonyl (C=O) groups excluding carboxylic acids is 1. The van der Waals surface area contributed by atoms with E-state index in [4.69, 9.17) is 16.9 Å². The van der Waals surface area contributed by atoms with Crippen molar-refractivity contribution in [3.8, 4) is 11.8 Å². The number of aryl methyl sites for hydroxylation is 1. The summed E-state index contributed by atoms with van der Waals surface area (Å²) in [5.74, 6) is -0.148. The number of amides is 1. The molecule has 0 aliphatic carbocycles. The number of hydrogen-bond donors (Lipinski definition) is 0. The van der Waals surface area contributed by atoms with E-state index in [1.165, 1.54) is 4.90 Å². The Hall–Kier alpha value is -2.25. The van der Waals surface area contributed by atoms with Crippen molar-refractivity contribution >= 4 is 17.5 Å². The first kappa shape index (κ1) is 15.1. The van der Waals surface area contributed by atoms with Crippen LogP contribution in [-0.2, 0) is 0 Å². The van der Waals surface area contributed by atoms with Crippen molar-refractivity contribution < 1.29 is 4.79 Å². The van der Waals surface area contributed by atoms with Crippen LogP contribution >= 0.6 is 11.6 Å². The summed E-state index contributed by atoms with van der Waals surface area (Å²) >= 11 is 5.91. The maximum absolute atomic E-state index is 12.3. The molecule has 0 spiro atoms. The Kier molecular flexibility index (Phi) is 4.35. The molecule has 0 N–H and O–H groups in total. The minimum atomic E-state index is -0.148. The highest BCUT2D eigenvalue weighted by molar-refractivity contribution is 6.30. The first-order valence-electron chi connectivity index (χ1n) is 6.53. The van der Waals surface area contributed by atoms with Crippen LogP contribution in [0.3, 0.4) is 0 Å². The molecule has 0 aliphatic rings. The predicted molar refractivity (Wildman–Crippen MR) is 82.8 cm³/mol. The molecule has 0 saturated carbocycles. The first-order chi connectivity index (χ1) is 9.95. The van der Waals surface area contributed by atoms with E-state index in [9.17, 15) is 4.79 Å². The third-order valence-electron chi connectivity index (χ3n) is 3.40. The minimum absolute atomic E-state index is 0.0729. The van der Waals surface area contributed by atoms with Crippen LogP contribution in [0.5, 0.6) is 0 Å². The second-order valence-corrected chi connectivity index (χ2v) is 5.35. The maximum atomic E-state index is 12.3. The normalized spacial score (nSPS) is 10.2. The molecular formula is C16H16ClN3O. The molecule has 21 heavy (non-hydrogen) atoms. The molecular weight excluding hydrogens is 286 g/mol. The van der Waals surface area contributed by atoms with Gasteiger partial charge in [0, 0.05) is 29.1 Å². The lowest BCUT2D eigenvalue weighted by Gasteiger charge is -2.14. The van der Waals surface area contributed by atoms with E-state index in [1.54, 1.807) is 7.05 Å². The van der Waals surface area contributed by atoms with E-state index in [0.717, 1.165) is 17.1 Å². The zero-order valence-electron chi connectivity index (χ0n) is 12.2. The average molecular weight is 302 g/mol. The third-order valence-corrected chi connectivity index (χ3v) is 3.65. The van der Waals surface area contributed by atoms with Crippen LogP contribution in [0, 0.1) is 25.2 Å². The minimum Gasteiger partial charge on any atom is -0.328 e. The molecule has 5 heteroatoms. The molecule has 1 aromatic heterocycles. The fourth-order valence-corrected chi connectivity index (χ4v) is 2.48. The first-order valence-corrected chi connectivity index (χ1v) is 6.90. The molecule has 1 aromatic carbocycles. The molecule has 0 bridgehead atoms. The Labute approximate surface area is 129 Å². The predicted octanol–water partition coefficient (Wildman–Crippen LogP) is 3.34. The summed E-state index contributed by atoms with van der Waals surface area (Å²) in [4.78, 5) is 13.8. The summed E-state index contributed by atoms with van der Waals surface area (Å²) in [5.41, 5.74) is 3.38. The van der Waals surface area contributed by atoms with E-state index in [0.29, 0.717) is 10.6 Å². The van der Waals surface area contributed by atoms with Gasteiger partial charge >= 0.3 is 0 Å². The molecule has 1 heterocycles. The largest absolute Gasteiger partial charge is 0.328 e. The summed E-state index contributed by atoms with van der Waals surface area (Å²) in [5, 5.41) is 9.38. The van der Waals surface area contributed by atoms with Crippen LogP contribution in [0.25, 0.3) is 5.69 Å². The van der Waals surface area contributed by atoms with Crippen LogP contribution in [-0.4, -0.2) is 29.0 Å². The fourth-order valence-electron chi connectivity index (χ4n) is 2.35. The average Bonchev–Trinajstić information content (AvgIpc) is 2.75. The molecule has 0 saturated heterocycles. The second-order valence-electron chi connectivity index (χ2n) is 4.92. The summed E-state index contributed by atoms with van der Waals surface area (Å²) in [6, 6.07) is 11.3. The summed E-state index contributed by atoms with van der Waals surface area (Å²) in [6.45, 7) is 3.92. The van der Waals surface area contributed by atoms with E-state index in [2.05, 4.69) is 0 Å². The van der Waals surface area contributed by atoms with E-state index >= 15 is 0 Å². The van der Waals surface area contributed by atoms with Crippen molar-refractivity contribution in [3.63, 3.8) is 0 Å². The van der Waals surface area contributed by atoms with E-state index < -0.39 is 0 Å². The van der Waals surface area contributed by atoms with Crippen LogP contribution in [0.15, 0.2) is 30.3 Å². The van der Waals surface area contributed by atoms with Gasteiger partial charge in [0.15, 0.2) is 0 Å². The van der Waals surface area contributed by atoms with Gasteiger partial charge in [-0.05, 0) is 44.2 Å². The van der Waals surface area contributed by atoms with Crippen LogP contribution in [0.2, 0.25) is 5.02 Å². The van der Waals surface area contributed by atoms with Gasteiger partial charge in [-0.1, -0.05) is 11.6 Å². The molecule has 2 aromatic rings. The Balaban J connectivity index is 2.45. The van der Waals surface area contributed by atoms with Gasteiger partial charge in [-0.25, -0.2) is 0 Å². The van der Waals surface area contributed by atoms with Crippen molar-refractivity contribution in [2.45, 2.75) is 13.8 Å². The van der Waals surface area contributed by atoms with Crippen molar-refractivity contribution in [1.29, 1.82) is 5.26 Å². The Bertz CT molecular complexity index is 710. The van der Waals surface area contributed by atoms with Gasteiger partial charge in [0.25, 0.3) is 5.91 Å². The van der Waals surface area contributed by atoms with Gasteiger partial charge in [-0.15, -0.1) is 0 Å². The number of hydrogen-bond acceptors (Lipinski definition) is 2. The van der Waals surface area contributed by atoms with Crippen molar-refractivity contribution in [1.82, 2.24) is 9.47 Å². The molecule has 0 unspecified atom stereocenters. The Morgan fingerprint density at radius 3 is 2.52 bits per heavy atom. The number of nitriles is 1. The van der Waals surface area contributed by atoms with Crippen LogP contribution in [0.1, 0.15) is 21.7 Å². The number of rotatable bonds is 3.